The van der Waals surface area contributed by atoms with E-state index in [2.05, 4.69) is 44.3 Å². The molecule has 3 aromatic rings. The third kappa shape index (κ3) is 5.11. The molecule has 10 heteroatoms. The van der Waals surface area contributed by atoms with Crippen LogP contribution in [0, 0.1) is 5.92 Å². The van der Waals surface area contributed by atoms with Gasteiger partial charge in [0.25, 0.3) is 5.91 Å². The van der Waals surface area contributed by atoms with Gasteiger partial charge >= 0.3 is 0 Å². The van der Waals surface area contributed by atoms with Crippen LogP contribution in [0.15, 0.2) is 24.4 Å². The summed E-state index contributed by atoms with van der Waals surface area (Å²) in [5, 5.41) is 14.5. The zero-order valence-electron chi connectivity index (χ0n) is 17.3. The third-order valence-corrected chi connectivity index (χ3v) is 5.33. The standard InChI is InChI=1S/C20H27N7O.2ClH/c1-3-19-23-16-10-15(7-8-18(16)27(19)4-2)22-20(28)17-13-26(25-24-17)12-14-6-5-9-21-11-14;;/h7-8,10,13-14,21H,3-6,9,11-12H2,1-2H3,(H,22,28);2*1H. The molecular formula is C20H29Cl2N7O. The number of nitrogens with one attached hydrogen (secondary N) is 2. The molecule has 0 spiro atoms. The summed E-state index contributed by atoms with van der Waals surface area (Å²) in [4.78, 5) is 17.3. The number of piperidine rings is 1. The minimum Gasteiger partial charge on any atom is -0.328 e. The van der Waals surface area contributed by atoms with Crippen molar-refractivity contribution in [3.05, 3.63) is 35.9 Å². The molecule has 1 aliphatic heterocycles. The zero-order valence-corrected chi connectivity index (χ0v) is 18.9. The van der Waals surface area contributed by atoms with Crippen molar-refractivity contribution in [3.63, 3.8) is 0 Å². The molecule has 1 saturated heterocycles. The quantitative estimate of drug-likeness (QED) is 0.597. The van der Waals surface area contributed by atoms with Crippen LogP contribution in [0.3, 0.4) is 0 Å². The molecule has 1 aliphatic rings. The molecule has 0 saturated carbocycles. The van der Waals surface area contributed by atoms with E-state index in [1.54, 1.807) is 10.9 Å². The number of fused-ring (bicyclic) bond motifs is 1. The number of carbonyl (C=O) groups excluding carboxylic acids is 1. The van der Waals surface area contributed by atoms with Crippen molar-refractivity contribution in [2.75, 3.05) is 18.4 Å². The number of halogens is 2. The average Bonchev–Trinajstić information content (AvgIpc) is 3.32. The maximum absolute atomic E-state index is 12.6. The van der Waals surface area contributed by atoms with Crippen LogP contribution in [-0.2, 0) is 19.5 Å². The topological polar surface area (TPSA) is 89.7 Å². The van der Waals surface area contributed by atoms with Crippen LogP contribution in [0.2, 0.25) is 0 Å². The summed E-state index contributed by atoms with van der Waals surface area (Å²) in [6.07, 6.45) is 4.97. The number of imidazole rings is 1. The summed E-state index contributed by atoms with van der Waals surface area (Å²) >= 11 is 0. The molecule has 4 rings (SSSR count). The summed E-state index contributed by atoms with van der Waals surface area (Å²) in [6, 6.07) is 5.83. The highest BCUT2D eigenvalue weighted by Gasteiger charge is 2.17. The Morgan fingerprint density at radius 1 is 1.30 bits per heavy atom. The number of hydrogen-bond acceptors (Lipinski definition) is 5. The Balaban J connectivity index is 0.00000160. The van der Waals surface area contributed by atoms with Gasteiger partial charge in [-0.25, -0.2) is 4.98 Å². The molecule has 164 valence electrons. The highest BCUT2D eigenvalue weighted by molar-refractivity contribution is 6.03. The van der Waals surface area contributed by atoms with Crippen molar-refractivity contribution >= 4 is 47.4 Å². The normalized spacial score (nSPS) is 16.0. The number of aryl methyl sites for hydroxylation is 2. The number of amides is 1. The first kappa shape index (κ1) is 24.1. The average molecular weight is 454 g/mol. The van der Waals surface area contributed by atoms with Crippen molar-refractivity contribution in [2.45, 2.75) is 46.2 Å². The van der Waals surface area contributed by atoms with Crippen molar-refractivity contribution in [1.29, 1.82) is 0 Å². The molecule has 30 heavy (non-hydrogen) atoms. The van der Waals surface area contributed by atoms with E-state index >= 15 is 0 Å². The van der Waals surface area contributed by atoms with Gasteiger partial charge in [0, 0.05) is 25.2 Å². The lowest BCUT2D eigenvalue weighted by Gasteiger charge is -2.22. The summed E-state index contributed by atoms with van der Waals surface area (Å²) in [5.74, 6) is 1.34. The van der Waals surface area contributed by atoms with Gasteiger partial charge in [0.05, 0.1) is 17.2 Å². The van der Waals surface area contributed by atoms with E-state index < -0.39 is 0 Å². The molecule has 1 aromatic carbocycles. The van der Waals surface area contributed by atoms with E-state index in [-0.39, 0.29) is 30.7 Å². The molecule has 0 bridgehead atoms. The van der Waals surface area contributed by atoms with Crippen molar-refractivity contribution in [3.8, 4) is 0 Å². The molecule has 0 radical (unpaired) electrons. The van der Waals surface area contributed by atoms with E-state index in [9.17, 15) is 4.79 Å². The van der Waals surface area contributed by atoms with E-state index in [0.717, 1.165) is 49.5 Å². The fraction of sp³-hybridized carbons (Fsp3) is 0.500. The lowest BCUT2D eigenvalue weighted by atomic mass is 10.00. The molecule has 1 unspecified atom stereocenters. The maximum atomic E-state index is 12.6. The Hall–Kier alpha value is -2.16. The molecule has 0 aliphatic carbocycles. The summed E-state index contributed by atoms with van der Waals surface area (Å²) in [7, 11) is 0. The number of benzene rings is 1. The number of rotatable bonds is 6. The van der Waals surface area contributed by atoms with E-state index in [4.69, 9.17) is 0 Å². The van der Waals surface area contributed by atoms with Crippen LogP contribution in [0.4, 0.5) is 5.69 Å². The number of hydrogen-bond donors (Lipinski definition) is 2. The first-order valence-corrected chi connectivity index (χ1v) is 10.1. The Bertz CT molecular complexity index is 979. The van der Waals surface area contributed by atoms with Crippen LogP contribution in [0.1, 0.15) is 43.0 Å². The van der Waals surface area contributed by atoms with Gasteiger partial charge in [-0.15, -0.1) is 29.9 Å². The maximum Gasteiger partial charge on any atom is 0.277 e. The van der Waals surface area contributed by atoms with E-state index in [1.165, 1.54) is 12.8 Å². The predicted octanol–water partition coefficient (Wildman–Crippen LogP) is 3.31. The molecule has 3 heterocycles. The van der Waals surface area contributed by atoms with Gasteiger partial charge in [-0.05, 0) is 57.0 Å². The zero-order chi connectivity index (χ0) is 19.5. The molecule has 1 atom stereocenters. The monoisotopic (exact) mass is 453 g/mol. The van der Waals surface area contributed by atoms with Crippen LogP contribution in [0.5, 0.6) is 0 Å². The Kier molecular flexibility index (Phi) is 8.64. The van der Waals surface area contributed by atoms with Gasteiger partial charge in [-0.1, -0.05) is 12.1 Å². The molecular weight excluding hydrogens is 425 g/mol. The number of aromatic nitrogens is 5. The first-order chi connectivity index (χ1) is 13.7. The summed E-state index contributed by atoms with van der Waals surface area (Å²) in [6.45, 7) is 7.96. The van der Waals surface area contributed by atoms with Gasteiger partial charge < -0.3 is 15.2 Å². The molecule has 8 nitrogen and oxygen atoms in total. The summed E-state index contributed by atoms with van der Waals surface area (Å²) < 4.78 is 3.97. The van der Waals surface area contributed by atoms with Crippen molar-refractivity contribution in [2.24, 2.45) is 5.92 Å². The second kappa shape index (κ2) is 10.7. The smallest absolute Gasteiger partial charge is 0.277 e. The van der Waals surface area contributed by atoms with Gasteiger partial charge in [-0.2, -0.15) is 0 Å². The van der Waals surface area contributed by atoms with Crippen LogP contribution in [0.25, 0.3) is 11.0 Å². The predicted molar refractivity (Wildman–Crippen MR) is 123 cm³/mol. The largest absolute Gasteiger partial charge is 0.328 e. The minimum absolute atomic E-state index is 0. The lowest BCUT2D eigenvalue weighted by molar-refractivity contribution is 0.102. The number of anilines is 1. The van der Waals surface area contributed by atoms with Crippen molar-refractivity contribution < 1.29 is 4.79 Å². The number of carbonyl (C=O) groups is 1. The second-order valence-electron chi connectivity index (χ2n) is 7.32. The van der Waals surface area contributed by atoms with Crippen LogP contribution >= 0.6 is 24.8 Å². The van der Waals surface area contributed by atoms with Gasteiger partial charge in [0.15, 0.2) is 5.69 Å². The van der Waals surface area contributed by atoms with Gasteiger partial charge in [0.2, 0.25) is 0 Å². The SMILES string of the molecule is CCc1nc2cc(NC(=O)c3cn(CC4CCCNC4)nn3)ccc2n1CC.Cl.Cl. The van der Waals surface area contributed by atoms with Crippen LogP contribution < -0.4 is 10.6 Å². The number of nitrogens with zero attached hydrogens (tertiary/aromatic N) is 5. The third-order valence-electron chi connectivity index (χ3n) is 5.33. The highest BCUT2D eigenvalue weighted by atomic mass is 35.5. The van der Waals surface area contributed by atoms with E-state index in [1.807, 2.05) is 18.2 Å². The molecule has 1 amide bonds. The fourth-order valence-corrected chi connectivity index (χ4v) is 3.91. The lowest BCUT2D eigenvalue weighted by Crippen LogP contribution is -2.32. The first-order valence-electron chi connectivity index (χ1n) is 10.1. The van der Waals surface area contributed by atoms with Crippen molar-refractivity contribution in [1.82, 2.24) is 29.9 Å². The minimum atomic E-state index is -0.252. The second-order valence-corrected chi connectivity index (χ2v) is 7.32. The van der Waals surface area contributed by atoms with Crippen LogP contribution in [-0.4, -0.2) is 43.5 Å². The molecule has 2 aromatic heterocycles. The fourth-order valence-electron chi connectivity index (χ4n) is 3.91. The Labute approximate surface area is 188 Å². The Morgan fingerprint density at radius 3 is 2.83 bits per heavy atom. The van der Waals surface area contributed by atoms with E-state index in [0.29, 0.717) is 17.3 Å². The van der Waals surface area contributed by atoms with Gasteiger partial charge in [0.1, 0.15) is 5.82 Å². The Morgan fingerprint density at radius 2 is 2.13 bits per heavy atom. The van der Waals surface area contributed by atoms with Gasteiger partial charge in [-0.3, -0.25) is 9.48 Å². The molecule has 1 fully saturated rings. The molecule has 2 N–H and O–H groups in total. The summed E-state index contributed by atoms with van der Waals surface area (Å²) in [5.41, 5.74) is 3.03. The highest BCUT2D eigenvalue weighted by Crippen LogP contribution is 2.21.